The molecule has 0 atom stereocenters. The molecule has 0 aliphatic carbocycles. The molecule has 0 bridgehead atoms. The van der Waals surface area contributed by atoms with E-state index in [2.05, 4.69) is 0 Å². The van der Waals surface area contributed by atoms with E-state index >= 15 is 0 Å². The molecule has 0 saturated carbocycles. The maximum Gasteiger partial charge on any atom is 0.374 e. The zero-order chi connectivity index (χ0) is 8.58. The van der Waals surface area contributed by atoms with Crippen molar-refractivity contribution in [3.8, 4) is 0 Å². The van der Waals surface area contributed by atoms with Crippen LogP contribution in [0.5, 0.6) is 0 Å². The van der Waals surface area contributed by atoms with E-state index in [0.717, 1.165) is 0 Å². The van der Waals surface area contributed by atoms with E-state index in [9.17, 15) is 16.8 Å². The topological polar surface area (TPSA) is 132 Å². The van der Waals surface area contributed by atoms with E-state index < -0.39 is 24.5 Å². The molecule has 8 nitrogen and oxygen atoms in total. The van der Waals surface area contributed by atoms with E-state index in [1.807, 2.05) is 0 Å². The average molecular weight is 262 g/mol. The van der Waals surface area contributed by atoms with Crippen LogP contribution in [-0.2, 0) is 20.6 Å². The number of nitrogens with zero attached hydrogens (tertiary/aromatic N) is 1. The predicted octanol–water partition coefficient (Wildman–Crippen LogP) is -2.86. The Labute approximate surface area is 142 Å². The molecule has 0 rings (SSSR count). The van der Waals surface area contributed by atoms with Crippen LogP contribution in [0.1, 0.15) is 0 Å². The zero-order valence-corrected chi connectivity index (χ0v) is 14.9. The van der Waals surface area contributed by atoms with E-state index in [-0.39, 0.29) is 88.7 Å². The van der Waals surface area contributed by atoms with Crippen molar-refractivity contribution in [1.82, 2.24) is 3.87 Å². The SMILES string of the molecule is O=S(=O)(O)N(O)S(=O)(=O)O.[Na].[Na].[Na]. The number of rotatable bonds is 2. The van der Waals surface area contributed by atoms with Crippen molar-refractivity contribution in [2.75, 3.05) is 0 Å². The van der Waals surface area contributed by atoms with E-state index in [0.29, 0.717) is 0 Å². The minimum absolute atomic E-state index is 0. The summed E-state index contributed by atoms with van der Waals surface area (Å²) in [6.07, 6.45) is 0. The summed E-state index contributed by atoms with van der Waals surface area (Å²) in [7, 11) is -10.6. The minimum Gasteiger partial charge on any atom is -0.282 e. The Morgan fingerprint density at radius 1 is 0.769 bits per heavy atom. The average Bonchev–Trinajstić information content (AvgIpc) is 1.59. The summed E-state index contributed by atoms with van der Waals surface area (Å²) in [6, 6.07) is 0. The molecule has 0 spiro atoms. The van der Waals surface area contributed by atoms with Crippen LogP contribution in [0.25, 0.3) is 0 Å². The fourth-order valence-electron chi connectivity index (χ4n) is 0.119. The molecule has 0 aliphatic rings. The van der Waals surface area contributed by atoms with Crippen molar-refractivity contribution in [2.24, 2.45) is 0 Å². The van der Waals surface area contributed by atoms with E-state index in [4.69, 9.17) is 14.3 Å². The van der Waals surface area contributed by atoms with Gasteiger partial charge in [0.05, 0.1) is 3.87 Å². The van der Waals surface area contributed by atoms with Crippen LogP contribution >= 0.6 is 0 Å². The predicted molar refractivity (Wildman–Crippen MR) is 44.0 cm³/mol. The van der Waals surface area contributed by atoms with Crippen LogP contribution in [0, 0.1) is 0 Å². The molecule has 0 unspecified atom stereocenters. The van der Waals surface area contributed by atoms with Gasteiger partial charge in [-0.1, -0.05) is 0 Å². The molecule has 13 heavy (non-hydrogen) atoms. The Hall–Kier alpha value is 2.74. The Balaban J connectivity index is -0.000000135. The van der Waals surface area contributed by atoms with Crippen molar-refractivity contribution >= 4 is 109 Å². The van der Waals surface area contributed by atoms with Crippen LogP contribution in [0.15, 0.2) is 0 Å². The third kappa shape index (κ3) is 11.0. The largest absolute Gasteiger partial charge is 0.374 e. The third-order valence-electron chi connectivity index (χ3n) is 0.395. The second kappa shape index (κ2) is 8.84. The van der Waals surface area contributed by atoms with Gasteiger partial charge in [-0.2, -0.15) is 16.8 Å². The van der Waals surface area contributed by atoms with Gasteiger partial charge in [0.15, 0.2) is 0 Å². The van der Waals surface area contributed by atoms with Crippen LogP contribution < -0.4 is 0 Å². The first-order chi connectivity index (χ1) is 4.15. The summed E-state index contributed by atoms with van der Waals surface area (Å²) in [6.45, 7) is 0. The smallest absolute Gasteiger partial charge is 0.282 e. The van der Waals surface area contributed by atoms with Crippen molar-refractivity contribution in [3.63, 3.8) is 0 Å². The van der Waals surface area contributed by atoms with Crippen molar-refractivity contribution in [1.29, 1.82) is 0 Å². The number of hydrogen-bond acceptors (Lipinski definition) is 5. The van der Waals surface area contributed by atoms with Gasteiger partial charge >= 0.3 is 20.6 Å². The second-order valence-electron chi connectivity index (χ2n) is 1.13. The van der Waals surface area contributed by atoms with Gasteiger partial charge in [0.1, 0.15) is 0 Å². The van der Waals surface area contributed by atoms with Crippen molar-refractivity contribution in [2.45, 2.75) is 0 Å². The van der Waals surface area contributed by atoms with Gasteiger partial charge < -0.3 is 0 Å². The monoisotopic (exact) mass is 262 g/mol. The summed E-state index contributed by atoms with van der Waals surface area (Å²) in [4.78, 5) is 0. The van der Waals surface area contributed by atoms with Crippen molar-refractivity contribution in [3.05, 3.63) is 0 Å². The molecule has 65 valence electrons. The second-order valence-corrected chi connectivity index (χ2v) is 3.85. The fourth-order valence-corrected chi connectivity index (χ4v) is 1.07. The standard InChI is InChI=1S/H3NO7S2.3Na/c2-1(9(3,4)5)10(6,7)8;;;/h2H,(H,3,4,5)(H,6,7,8);;;. The molecular weight excluding hydrogens is 259 g/mol. The maximum atomic E-state index is 9.67. The quantitative estimate of drug-likeness (QED) is 0.277. The third-order valence-corrected chi connectivity index (χ3v) is 2.31. The molecule has 0 fully saturated rings. The molecule has 0 aromatic heterocycles. The molecule has 0 heterocycles. The molecular formula is H3NNa3O7S2. The summed E-state index contributed by atoms with van der Waals surface area (Å²) in [5, 5.41) is 7.88. The maximum absolute atomic E-state index is 9.67. The van der Waals surface area contributed by atoms with Gasteiger partial charge in [0.25, 0.3) is 0 Å². The summed E-state index contributed by atoms with van der Waals surface area (Å²) in [5.41, 5.74) is 0. The van der Waals surface area contributed by atoms with Gasteiger partial charge in [-0.25, -0.2) is 0 Å². The molecule has 0 aromatic carbocycles. The summed E-state index contributed by atoms with van der Waals surface area (Å²) in [5.74, 6) is 0. The van der Waals surface area contributed by atoms with Crippen LogP contribution in [0.3, 0.4) is 0 Å². The zero-order valence-electron chi connectivity index (χ0n) is 7.24. The van der Waals surface area contributed by atoms with E-state index in [1.54, 1.807) is 0 Å². The van der Waals surface area contributed by atoms with Crippen LogP contribution in [0.4, 0.5) is 0 Å². The first kappa shape index (κ1) is 24.8. The van der Waals surface area contributed by atoms with Gasteiger partial charge in [-0.15, -0.1) is 0 Å². The molecule has 3 N–H and O–H groups in total. The Kier molecular flexibility index (Phi) is 16.9. The van der Waals surface area contributed by atoms with Gasteiger partial charge in [-0.05, 0) is 0 Å². The molecule has 13 heteroatoms. The van der Waals surface area contributed by atoms with Gasteiger partial charge in [-0.3, -0.25) is 14.3 Å². The molecule has 0 saturated heterocycles. The first-order valence-electron chi connectivity index (χ1n) is 1.60. The molecule has 0 aliphatic heterocycles. The van der Waals surface area contributed by atoms with Gasteiger partial charge in [0.2, 0.25) is 0 Å². The minimum atomic E-state index is -5.31. The van der Waals surface area contributed by atoms with E-state index in [1.165, 1.54) is 0 Å². The molecule has 0 aromatic rings. The Morgan fingerprint density at radius 2 is 0.923 bits per heavy atom. The Bertz CT molecular complexity index is 271. The van der Waals surface area contributed by atoms with Crippen LogP contribution in [-0.4, -0.2) is 124 Å². The Morgan fingerprint density at radius 3 is 0.923 bits per heavy atom. The summed E-state index contributed by atoms with van der Waals surface area (Å²) < 4.78 is 52.6. The van der Waals surface area contributed by atoms with Gasteiger partial charge in [0, 0.05) is 88.7 Å². The van der Waals surface area contributed by atoms with Crippen LogP contribution in [0.2, 0.25) is 0 Å². The molecule has 0 amide bonds. The number of hydrogen-bond donors (Lipinski definition) is 3. The normalized spacial score (nSPS) is 10.8. The molecule has 3 radical (unpaired) electrons. The first-order valence-corrected chi connectivity index (χ1v) is 4.39. The summed E-state index contributed by atoms with van der Waals surface area (Å²) >= 11 is 0. The fraction of sp³-hybridized carbons (Fsp3) is 0. The van der Waals surface area contributed by atoms with Crippen molar-refractivity contribution < 1.29 is 31.1 Å².